The molecule has 1 aromatic carbocycles. The Morgan fingerprint density at radius 1 is 1.20 bits per heavy atom. The van der Waals surface area contributed by atoms with E-state index in [0.717, 1.165) is 25.2 Å². The van der Waals surface area contributed by atoms with Gasteiger partial charge in [0.15, 0.2) is 0 Å². The Hall–Kier alpha value is -3.43. The number of pyridine rings is 1. The lowest BCUT2D eigenvalue weighted by molar-refractivity contribution is -0.487. The fraction of sp³-hybridized carbons (Fsp3) is 0.385. The molecule has 1 aliphatic heterocycles. The zero-order valence-corrected chi connectivity index (χ0v) is 20.7. The van der Waals surface area contributed by atoms with Crippen LogP contribution in [-0.2, 0) is 18.4 Å². The molecular formula is C26H33FN7O+. The van der Waals surface area contributed by atoms with Crippen LogP contribution < -0.4 is 21.3 Å². The van der Waals surface area contributed by atoms with E-state index in [4.69, 9.17) is 0 Å². The third-order valence-corrected chi connectivity index (χ3v) is 5.91. The van der Waals surface area contributed by atoms with E-state index in [9.17, 15) is 9.18 Å². The second-order valence-corrected chi connectivity index (χ2v) is 9.77. The second kappa shape index (κ2) is 10.5. The number of benzene rings is 1. The maximum atomic E-state index is 13.5. The third-order valence-electron chi connectivity index (χ3n) is 5.91. The lowest BCUT2D eigenvalue weighted by Gasteiger charge is -2.19. The summed E-state index contributed by atoms with van der Waals surface area (Å²) in [5, 5.41) is 11.3. The van der Waals surface area contributed by atoms with Crippen LogP contribution >= 0.6 is 0 Å². The summed E-state index contributed by atoms with van der Waals surface area (Å²) in [6.07, 6.45) is 2.53. The monoisotopic (exact) mass is 478 g/mol. The predicted molar refractivity (Wildman–Crippen MR) is 134 cm³/mol. The molecule has 1 aliphatic rings. The summed E-state index contributed by atoms with van der Waals surface area (Å²) in [6, 6.07) is 11.6. The van der Waals surface area contributed by atoms with Crippen LogP contribution in [0.25, 0.3) is 0 Å². The number of hydrogen-bond acceptors (Lipinski definition) is 6. The number of rotatable bonds is 8. The minimum atomic E-state index is -0.707. The fourth-order valence-electron chi connectivity index (χ4n) is 3.88. The quantitative estimate of drug-likeness (QED) is 0.396. The molecule has 0 fully saturated rings. The van der Waals surface area contributed by atoms with Gasteiger partial charge in [0.05, 0.1) is 11.9 Å². The number of carbonyl (C=O) groups is 1. The standard InChI is InChI=1S/C26H32FN7O/c1-16(2)30-24(35)20-14-29-25(31-19-9-8-17-10-11-28-13-18(17)12-19)34-23(20)33-22-7-5-6-21(32-22)26(3,4)15-27/h5-9,12,14,16,28H,10-11,13,15H2,1-4H3,(H,30,35)(H2,29,31,32,33,34)/p+1. The molecule has 0 radical (unpaired) electrons. The number of quaternary nitrogens is 1. The molecule has 2 aromatic heterocycles. The van der Waals surface area contributed by atoms with Crippen molar-refractivity contribution in [2.45, 2.75) is 52.1 Å². The number of halogens is 1. The molecule has 0 aliphatic carbocycles. The highest BCUT2D eigenvalue weighted by atomic mass is 19.1. The van der Waals surface area contributed by atoms with E-state index < -0.39 is 12.1 Å². The van der Waals surface area contributed by atoms with Crippen molar-refractivity contribution in [2.24, 2.45) is 0 Å². The molecule has 9 heteroatoms. The van der Waals surface area contributed by atoms with Gasteiger partial charge in [-0.2, -0.15) is 4.98 Å². The number of alkyl halides is 1. The molecule has 3 aromatic rings. The first kappa shape index (κ1) is 24.7. The lowest BCUT2D eigenvalue weighted by Crippen LogP contribution is -2.73. The zero-order valence-electron chi connectivity index (χ0n) is 20.7. The first-order valence-corrected chi connectivity index (χ1v) is 11.9. The van der Waals surface area contributed by atoms with E-state index in [-0.39, 0.29) is 11.9 Å². The smallest absolute Gasteiger partial charge is 0.260 e. The van der Waals surface area contributed by atoms with Crippen LogP contribution in [0.5, 0.6) is 0 Å². The molecule has 4 rings (SSSR count). The first-order valence-electron chi connectivity index (χ1n) is 11.9. The Morgan fingerprint density at radius 2 is 2.03 bits per heavy atom. The Bertz CT molecular complexity index is 1210. The van der Waals surface area contributed by atoms with Crippen molar-refractivity contribution in [2.75, 3.05) is 18.5 Å². The highest BCUT2D eigenvalue weighted by Gasteiger charge is 2.25. The van der Waals surface area contributed by atoms with E-state index >= 15 is 0 Å². The van der Waals surface area contributed by atoms with E-state index in [2.05, 4.69) is 43.0 Å². The highest BCUT2D eigenvalue weighted by Crippen LogP contribution is 2.23. The van der Waals surface area contributed by atoms with Crippen LogP contribution in [0.15, 0.2) is 42.6 Å². The number of carbonyl (C=O) groups excluding carboxylic acids is 1. The Morgan fingerprint density at radius 3 is 2.80 bits per heavy atom. The largest absolute Gasteiger partial charge is 0.350 e. The number of amides is 1. The summed E-state index contributed by atoms with van der Waals surface area (Å²) in [5.41, 5.74) is 3.74. The minimum absolute atomic E-state index is 0.0379. The number of nitrogens with two attached hydrogens (primary N) is 1. The number of hydrogen-bond donors (Lipinski definition) is 4. The molecule has 35 heavy (non-hydrogen) atoms. The Labute approximate surface area is 205 Å². The Kier molecular flexibility index (Phi) is 7.37. The molecular weight excluding hydrogens is 445 g/mol. The molecule has 0 saturated heterocycles. The van der Waals surface area contributed by atoms with Gasteiger partial charge in [-0.15, -0.1) is 0 Å². The van der Waals surface area contributed by atoms with Gasteiger partial charge in [0.2, 0.25) is 17.6 Å². The summed E-state index contributed by atoms with van der Waals surface area (Å²) in [7, 11) is 0. The van der Waals surface area contributed by atoms with Crippen LogP contribution in [-0.4, -0.2) is 40.1 Å². The lowest BCUT2D eigenvalue weighted by atomic mass is 9.90. The van der Waals surface area contributed by atoms with E-state index in [1.165, 1.54) is 17.3 Å². The SMILES string of the molecule is CC(C)NC(=O)c1cnc(Nc2ccc3c(c2)CNCC3)nc1[NH2+]c1cccc(C(C)(C)CF)n1. The molecule has 0 spiro atoms. The van der Waals surface area contributed by atoms with Crippen molar-refractivity contribution in [1.29, 1.82) is 0 Å². The van der Waals surface area contributed by atoms with E-state index in [1.54, 1.807) is 25.2 Å². The molecule has 184 valence electrons. The van der Waals surface area contributed by atoms with Gasteiger partial charge in [0, 0.05) is 29.8 Å². The zero-order chi connectivity index (χ0) is 25.0. The van der Waals surface area contributed by atoms with Crippen molar-refractivity contribution < 1.29 is 14.5 Å². The van der Waals surface area contributed by atoms with E-state index in [0.29, 0.717) is 28.8 Å². The van der Waals surface area contributed by atoms with Gasteiger partial charge in [-0.05, 0) is 56.1 Å². The van der Waals surface area contributed by atoms with Gasteiger partial charge < -0.3 is 16.0 Å². The maximum absolute atomic E-state index is 13.5. The maximum Gasteiger partial charge on any atom is 0.260 e. The van der Waals surface area contributed by atoms with Gasteiger partial charge in [-0.25, -0.2) is 15.3 Å². The van der Waals surface area contributed by atoms with Crippen molar-refractivity contribution in [1.82, 2.24) is 25.6 Å². The van der Waals surface area contributed by atoms with Crippen LogP contribution in [0.2, 0.25) is 0 Å². The normalized spacial score (nSPS) is 13.4. The second-order valence-electron chi connectivity index (χ2n) is 9.77. The van der Waals surface area contributed by atoms with Gasteiger partial charge in [0.1, 0.15) is 12.2 Å². The molecule has 0 atom stereocenters. The summed E-state index contributed by atoms with van der Waals surface area (Å²) >= 11 is 0. The van der Waals surface area contributed by atoms with Crippen molar-refractivity contribution in [3.63, 3.8) is 0 Å². The van der Waals surface area contributed by atoms with Crippen LogP contribution in [0.3, 0.4) is 0 Å². The van der Waals surface area contributed by atoms with Crippen molar-refractivity contribution in [3.05, 3.63) is 65.0 Å². The van der Waals surface area contributed by atoms with Gasteiger partial charge >= 0.3 is 0 Å². The molecule has 0 unspecified atom stereocenters. The molecule has 8 nitrogen and oxygen atoms in total. The van der Waals surface area contributed by atoms with Gasteiger partial charge in [-0.1, -0.05) is 26.0 Å². The van der Waals surface area contributed by atoms with Crippen molar-refractivity contribution in [3.8, 4) is 0 Å². The van der Waals surface area contributed by atoms with E-state index in [1.807, 2.05) is 32.0 Å². The molecule has 1 amide bonds. The molecule has 0 bridgehead atoms. The average molecular weight is 479 g/mol. The summed E-state index contributed by atoms with van der Waals surface area (Å²) < 4.78 is 13.5. The predicted octanol–water partition coefficient (Wildman–Crippen LogP) is 3.17. The molecule has 0 saturated carbocycles. The number of aromatic nitrogens is 3. The van der Waals surface area contributed by atoms with Gasteiger partial charge in [0.25, 0.3) is 5.91 Å². The van der Waals surface area contributed by atoms with Crippen LogP contribution in [0.4, 0.5) is 27.7 Å². The van der Waals surface area contributed by atoms with Crippen LogP contribution in [0, 0.1) is 0 Å². The molecule has 3 heterocycles. The number of fused-ring (bicyclic) bond motifs is 1. The third kappa shape index (κ3) is 5.98. The summed E-state index contributed by atoms with van der Waals surface area (Å²) in [6.45, 7) is 8.70. The summed E-state index contributed by atoms with van der Waals surface area (Å²) in [4.78, 5) is 26.5. The topological polar surface area (TPSA) is 108 Å². The average Bonchev–Trinajstić information content (AvgIpc) is 2.84. The number of nitrogens with zero attached hydrogens (tertiary/aromatic N) is 3. The summed E-state index contributed by atoms with van der Waals surface area (Å²) in [5.74, 6) is 1.13. The van der Waals surface area contributed by atoms with Gasteiger partial charge in [-0.3, -0.25) is 9.18 Å². The fourth-order valence-corrected chi connectivity index (χ4v) is 3.88. The van der Waals surface area contributed by atoms with Crippen molar-refractivity contribution >= 4 is 29.2 Å². The van der Waals surface area contributed by atoms with Crippen LogP contribution in [0.1, 0.15) is 54.9 Å². The minimum Gasteiger partial charge on any atom is -0.350 e. The molecule has 5 N–H and O–H groups in total. The Balaban J connectivity index is 1.65. The first-order chi connectivity index (χ1) is 16.7. The highest BCUT2D eigenvalue weighted by molar-refractivity contribution is 5.97. The number of anilines is 2. The number of nitrogens with one attached hydrogen (secondary N) is 3.